The molecule has 1 N–H and O–H groups in total. The predicted molar refractivity (Wildman–Crippen MR) is 124 cm³/mol. The number of nitrogens with zero attached hydrogens (tertiary/aromatic N) is 6. The van der Waals surface area contributed by atoms with Crippen LogP contribution in [0.5, 0.6) is 0 Å². The van der Waals surface area contributed by atoms with E-state index in [1.54, 1.807) is 16.8 Å². The molecule has 2 saturated heterocycles. The number of β-amino-alcohol motifs (C(OH)–C–C–N with tert-alkyl or cyclic N) is 1. The molecule has 8 nitrogen and oxygen atoms in total. The molecule has 0 spiro atoms. The van der Waals surface area contributed by atoms with Gasteiger partial charge < -0.3 is 14.9 Å². The van der Waals surface area contributed by atoms with Crippen LogP contribution in [0.1, 0.15) is 52.5 Å². The molecule has 0 aliphatic carbocycles. The lowest BCUT2D eigenvalue weighted by Crippen LogP contribution is -2.39. The molecule has 11 heteroatoms. The molecule has 0 bridgehead atoms. The number of anilines is 1. The van der Waals surface area contributed by atoms with Crippen molar-refractivity contribution in [2.24, 2.45) is 5.92 Å². The van der Waals surface area contributed by atoms with Crippen molar-refractivity contribution in [3.63, 3.8) is 0 Å². The highest BCUT2D eigenvalue weighted by Gasteiger charge is 2.38. The fraction of sp³-hybridized carbons (Fsp3) is 0.440. The first-order chi connectivity index (χ1) is 17.2. The van der Waals surface area contributed by atoms with E-state index in [9.17, 15) is 28.3 Å². The molecule has 3 aromatic rings. The lowest BCUT2D eigenvalue weighted by atomic mass is 9.97. The normalized spacial score (nSPS) is 22.7. The topological polar surface area (TPSA) is 97.8 Å². The quantitative estimate of drug-likeness (QED) is 0.591. The Morgan fingerprint density at radius 1 is 1.22 bits per heavy atom. The van der Waals surface area contributed by atoms with Crippen molar-refractivity contribution in [1.29, 1.82) is 5.26 Å². The number of likely N-dealkylation sites (tertiary alicyclic amines) is 1. The minimum atomic E-state index is -4.63. The lowest BCUT2D eigenvalue weighted by Gasteiger charge is -2.35. The molecule has 0 saturated carbocycles. The van der Waals surface area contributed by atoms with Gasteiger partial charge in [0, 0.05) is 37.5 Å². The summed E-state index contributed by atoms with van der Waals surface area (Å²) in [5, 5.41) is 24.0. The molecule has 4 heterocycles. The van der Waals surface area contributed by atoms with Crippen LogP contribution < -0.4 is 4.90 Å². The Kier molecular flexibility index (Phi) is 6.08. The Morgan fingerprint density at radius 2 is 2.00 bits per heavy atom. The molecular formula is C25H25F3N6O2. The molecule has 1 amide bonds. The first-order valence-electron chi connectivity index (χ1n) is 11.8. The van der Waals surface area contributed by atoms with Gasteiger partial charge in [0.1, 0.15) is 5.82 Å². The number of rotatable bonds is 3. The van der Waals surface area contributed by atoms with E-state index in [0.717, 1.165) is 18.1 Å². The largest absolute Gasteiger partial charge is 0.417 e. The highest BCUT2D eigenvalue weighted by Crippen LogP contribution is 2.36. The van der Waals surface area contributed by atoms with E-state index in [2.05, 4.69) is 11.2 Å². The minimum Gasteiger partial charge on any atom is -0.390 e. The van der Waals surface area contributed by atoms with Crippen LogP contribution in [0, 0.1) is 24.2 Å². The average Bonchev–Trinajstić information content (AvgIpc) is 3.44. The Hall–Kier alpha value is -3.65. The van der Waals surface area contributed by atoms with Gasteiger partial charge in [-0.05, 0) is 38.3 Å². The van der Waals surface area contributed by atoms with Crippen LogP contribution in [0.2, 0.25) is 0 Å². The molecular weight excluding hydrogens is 473 g/mol. The monoisotopic (exact) mass is 498 g/mol. The van der Waals surface area contributed by atoms with Crippen molar-refractivity contribution >= 4 is 17.4 Å². The van der Waals surface area contributed by atoms with E-state index < -0.39 is 35.7 Å². The fourth-order valence-electron chi connectivity index (χ4n) is 5.14. The Labute approximate surface area is 205 Å². The van der Waals surface area contributed by atoms with Crippen LogP contribution in [0.15, 0.2) is 36.5 Å². The third-order valence-corrected chi connectivity index (χ3v) is 6.95. The van der Waals surface area contributed by atoms with E-state index in [1.807, 2.05) is 11.8 Å². The second-order valence-electron chi connectivity index (χ2n) is 9.38. The van der Waals surface area contributed by atoms with E-state index in [-0.39, 0.29) is 5.56 Å². The van der Waals surface area contributed by atoms with Gasteiger partial charge in [-0.25, -0.2) is 9.50 Å². The van der Waals surface area contributed by atoms with Gasteiger partial charge in [0.2, 0.25) is 0 Å². The number of fused-ring (bicyclic) bond motifs is 1. The standard InChI is InChI=1S/C25H25F3N6O2/c1-15-12-34-22(30-23(15)32-13-16(11-29)21(35)14-32)10-19(31-34)20-8-4-5-9-33(20)24(36)17-6-2-3-7-18(17)25(26,27)28/h2-3,6-7,10,12,16,20-21,35H,4-5,8-9,13-14H2,1H3. The molecule has 3 atom stereocenters. The van der Waals surface area contributed by atoms with Gasteiger partial charge >= 0.3 is 6.18 Å². The summed E-state index contributed by atoms with van der Waals surface area (Å²) in [5.74, 6) is -0.520. The summed E-state index contributed by atoms with van der Waals surface area (Å²) >= 11 is 0. The van der Waals surface area contributed by atoms with Crippen molar-refractivity contribution in [2.75, 3.05) is 24.5 Å². The summed E-state index contributed by atoms with van der Waals surface area (Å²) in [6, 6.07) is 8.25. The molecule has 2 fully saturated rings. The second-order valence-corrected chi connectivity index (χ2v) is 9.38. The number of carbonyl (C=O) groups excluding carboxylic acids is 1. The molecule has 0 radical (unpaired) electrons. The molecule has 1 aromatic carbocycles. The molecule has 188 valence electrons. The van der Waals surface area contributed by atoms with Crippen LogP contribution in [0.3, 0.4) is 0 Å². The number of alkyl halides is 3. The van der Waals surface area contributed by atoms with Crippen LogP contribution in [0.25, 0.3) is 5.65 Å². The fourth-order valence-corrected chi connectivity index (χ4v) is 5.14. The summed E-state index contributed by atoms with van der Waals surface area (Å²) in [5.41, 5.74) is 0.581. The molecule has 2 aliphatic heterocycles. The van der Waals surface area contributed by atoms with Gasteiger partial charge in [0.25, 0.3) is 5.91 Å². The highest BCUT2D eigenvalue weighted by molar-refractivity contribution is 5.96. The zero-order valence-corrected chi connectivity index (χ0v) is 19.6. The number of benzene rings is 1. The van der Waals surface area contributed by atoms with Crippen molar-refractivity contribution in [3.8, 4) is 6.07 Å². The number of amides is 1. The predicted octanol–water partition coefficient (Wildman–Crippen LogP) is 3.74. The number of carbonyl (C=O) groups is 1. The van der Waals surface area contributed by atoms with Crippen LogP contribution >= 0.6 is 0 Å². The average molecular weight is 499 g/mol. The van der Waals surface area contributed by atoms with Gasteiger partial charge in [-0.2, -0.15) is 23.5 Å². The van der Waals surface area contributed by atoms with E-state index in [4.69, 9.17) is 4.98 Å². The number of aliphatic hydroxyl groups excluding tert-OH is 1. The second kappa shape index (κ2) is 9.09. The Morgan fingerprint density at radius 3 is 2.72 bits per heavy atom. The number of piperidine rings is 1. The van der Waals surface area contributed by atoms with Crippen LogP contribution in [-0.4, -0.2) is 56.2 Å². The number of nitriles is 1. The van der Waals surface area contributed by atoms with Crippen LogP contribution in [0.4, 0.5) is 19.0 Å². The Balaban J connectivity index is 1.48. The summed E-state index contributed by atoms with van der Waals surface area (Å²) in [7, 11) is 0. The van der Waals surface area contributed by atoms with E-state index >= 15 is 0 Å². The summed E-state index contributed by atoms with van der Waals surface area (Å²) < 4.78 is 42.3. The number of hydrogen-bond donors (Lipinski definition) is 1. The van der Waals surface area contributed by atoms with Gasteiger partial charge in [-0.15, -0.1) is 0 Å². The number of aromatic nitrogens is 3. The maximum atomic E-state index is 13.6. The number of aliphatic hydroxyl groups is 1. The number of hydrogen-bond acceptors (Lipinski definition) is 6. The summed E-state index contributed by atoms with van der Waals surface area (Å²) in [6.07, 6.45) is -1.50. The maximum absolute atomic E-state index is 13.6. The van der Waals surface area contributed by atoms with Crippen molar-refractivity contribution in [1.82, 2.24) is 19.5 Å². The third-order valence-electron chi connectivity index (χ3n) is 6.95. The third kappa shape index (κ3) is 4.26. The minimum absolute atomic E-state index is 0.298. The lowest BCUT2D eigenvalue weighted by molar-refractivity contribution is -0.138. The maximum Gasteiger partial charge on any atom is 0.417 e. The van der Waals surface area contributed by atoms with Gasteiger partial charge in [0.05, 0.1) is 41.0 Å². The van der Waals surface area contributed by atoms with Crippen molar-refractivity contribution < 1.29 is 23.1 Å². The first-order valence-corrected chi connectivity index (χ1v) is 11.8. The SMILES string of the molecule is Cc1cn2nc(C3CCCCN3C(=O)c3ccccc3C(F)(F)F)cc2nc1N1CC(O)C(C#N)C1. The van der Waals surface area contributed by atoms with Gasteiger partial charge in [-0.3, -0.25) is 4.79 Å². The Bertz CT molecular complexity index is 1350. The number of halogens is 3. The van der Waals surface area contributed by atoms with Crippen LogP contribution in [-0.2, 0) is 6.18 Å². The first kappa shape index (κ1) is 24.1. The highest BCUT2D eigenvalue weighted by atomic mass is 19.4. The van der Waals surface area contributed by atoms with Gasteiger partial charge in [-0.1, -0.05) is 12.1 Å². The smallest absolute Gasteiger partial charge is 0.390 e. The molecule has 2 aromatic heterocycles. The molecule has 5 rings (SSSR count). The molecule has 2 aliphatic rings. The number of aryl methyl sites for hydroxylation is 1. The summed E-state index contributed by atoms with van der Waals surface area (Å²) in [6.45, 7) is 2.86. The molecule has 36 heavy (non-hydrogen) atoms. The van der Waals surface area contributed by atoms with Gasteiger partial charge in [0.15, 0.2) is 5.65 Å². The van der Waals surface area contributed by atoms with E-state index in [1.165, 1.54) is 23.1 Å². The van der Waals surface area contributed by atoms with Crippen molar-refractivity contribution in [3.05, 3.63) is 58.9 Å². The molecule has 3 unspecified atom stereocenters. The van der Waals surface area contributed by atoms with Crippen molar-refractivity contribution in [2.45, 2.75) is 44.5 Å². The summed E-state index contributed by atoms with van der Waals surface area (Å²) in [4.78, 5) is 21.4. The zero-order chi connectivity index (χ0) is 25.6. The van der Waals surface area contributed by atoms with E-state index in [0.29, 0.717) is 49.6 Å². The zero-order valence-electron chi connectivity index (χ0n) is 19.6.